The normalized spacial score (nSPS) is 11.7. The minimum absolute atomic E-state index is 0.202. The Morgan fingerprint density at radius 1 is 1.27 bits per heavy atom. The molecule has 26 heavy (non-hydrogen) atoms. The van der Waals surface area contributed by atoms with Gasteiger partial charge in [0.25, 0.3) is 5.91 Å². The molecule has 0 aliphatic rings. The Labute approximate surface area is 154 Å². The molecule has 0 bridgehead atoms. The smallest absolute Gasteiger partial charge is 0.286 e. The zero-order valence-electron chi connectivity index (χ0n) is 14.7. The number of carbonyl (C=O) groups is 1. The van der Waals surface area contributed by atoms with Crippen LogP contribution in [0.3, 0.4) is 0 Å². The molecule has 6 heteroatoms. The predicted molar refractivity (Wildman–Crippen MR) is 102 cm³/mol. The molecule has 0 saturated heterocycles. The number of carbonyl (C=O) groups excluding carboxylic acids is 1. The summed E-state index contributed by atoms with van der Waals surface area (Å²) in [5.41, 5.74) is 3.41. The average molecular weight is 370 g/mol. The van der Waals surface area contributed by atoms with Crippen LogP contribution in [0.4, 0.5) is 4.39 Å². The van der Waals surface area contributed by atoms with Crippen molar-refractivity contribution >= 4 is 27.5 Å². The highest BCUT2D eigenvalue weighted by Gasteiger charge is 2.09. The van der Waals surface area contributed by atoms with Gasteiger partial charge in [0.2, 0.25) is 0 Å². The number of nitrogens with zero attached hydrogens (tertiary/aromatic N) is 2. The molecular formula is C20H19FN2O2S. The van der Waals surface area contributed by atoms with E-state index in [1.165, 1.54) is 46.7 Å². The molecule has 3 aromatic rings. The van der Waals surface area contributed by atoms with Gasteiger partial charge in [0.05, 0.1) is 10.2 Å². The van der Waals surface area contributed by atoms with Crippen molar-refractivity contribution in [3.8, 4) is 5.75 Å². The van der Waals surface area contributed by atoms with Crippen molar-refractivity contribution in [2.75, 3.05) is 6.61 Å². The molecule has 4 nitrogen and oxygen atoms in total. The van der Waals surface area contributed by atoms with Gasteiger partial charge in [-0.2, -0.15) is 4.99 Å². The summed E-state index contributed by atoms with van der Waals surface area (Å²) in [6.45, 7) is 8.27. The summed E-state index contributed by atoms with van der Waals surface area (Å²) in [5, 5.41) is 0. The molecule has 134 valence electrons. The molecule has 0 unspecified atom stereocenters. The molecule has 0 saturated carbocycles. The highest BCUT2D eigenvalue weighted by Crippen LogP contribution is 2.22. The third-order valence-electron chi connectivity index (χ3n) is 4.01. The van der Waals surface area contributed by atoms with Gasteiger partial charge in [-0.3, -0.25) is 4.79 Å². The van der Waals surface area contributed by atoms with Crippen molar-refractivity contribution in [1.29, 1.82) is 0 Å². The Morgan fingerprint density at radius 2 is 1.96 bits per heavy atom. The summed E-state index contributed by atoms with van der Waals surface area (Å²) in [6.07, 6.45) is 1.78. The number of benzene rings is 2. The van der Waals surface area contributed by atoms with Gasteiger partial charge in [0.15, 0.2) is 11.4 Å². The number of amides is 1. The zero-order chi connectivity index (χ0) is 18.7. The summed E-state index contributed by atoms with van der Waals surface area (Å²) in [5.74, 6) is -0.321. The first-order valence-corrected chi connectivity index (χ1v) is 8.97. The van der Waals surface area contributed by atoms with E-state index in [1.54, 1.807) is 6.08 Å². The molecule has 2 aromatic carbocycles. The highest BCUT2D eigenvalue weighted by atomic mass is 32.1. The minimum atomic E-state index is -0.396. The van der Waals surface area contributed by atoms with Crippen LogP contribution in [0.25, 0.3) is 10.2 Å². The van der Waals surface area contributed by atoms with E-state index in [0.29, 0.717) is 17.1 Å². The van der Waals surface area contributed by atoms with Gasteiger partial charge in [0, 0.05) is 6.54 Å². The fourth-order valence-electron chi connectivity index (χ4n) is 2.53. The summed E-state index contributed by atoms with van der Waals surface area (Å²) in [7, 11) is 0. The van der Waals surface area contributed by atoms with Gasteiger partial charge >= 0.3 is 0 Å². The largest absolute Gasteiger partial charge is 0.484 e. The van der Waals surface area contributed by atoms with Gasteiger partial charge in [-0.05, 0) is 61.4 Å². The van der Waals surface area contributed by atoms with Crippen molar-refractivity contribution in [1.82, 2.24) is 4.57 Å². The number of halogens is 1. The molecule has 0 fully saturated rings. The van der Waals surface area contributed by atoms with Crippen LogP contribution in [0, 0.1) is 19.7 Å². The molecule has 0 aliphatic heterocycles. The highest BCUT2D eigenvalue weighted by molar-refractivity contribution is 7.16. The predicted octanol–water partition coefficient (Wildman–Crippen LogP) is 4.15. The molecule has 0 spiro atoms. The van der Waals surface area contributed by atoms with Crippen LogP contribution in [0.15, 0.2) is 54.0 Å². The lowest BCUT2D eigenvalue weighted by Gasteiger charge is -2.04. The fraction of sp³-hybridized carbons (Fsp3) is 0.200. The fourth-order valence-corrected chi connectivity index (χ4v) is 3.66. The monoisotopic (exact) mass is 370 g/mol. The van der Waals surface area contributed by atoms with E-state index in [2.05, 4.69) is 37.6 Å². The van der Waals surface area contributed by atoms with E-state index >= 15 is 0 Å². The van der Waals surface area contributed by atoms with Crippen molar-refractivity contribution in [3.63, 3.8) is 0 Å². The number of rotatable bonds is 5. The quantitative estimate of drug-likeness (QED) is 0.633. The second kappa shape index (κ2) is 7.66. The molecule has 1 amide bonds. The van der Waals surface area contributed by atoms with Crippen molar-refractivity contribution < 1.29 is 13.9 Å². The maximum atomic E-state index is 12.9. The van der Waals surface area contributed by atoms with Crippen LogP contribution in [-0.2, 0) is 11.3 Å². The summed E-state index contributed by atoms with van der Waals surface area (Å²) in [4.78, 5) is 17.0. The lowest BCUT2D eigenvalue weighted by Crippen LogP contribution is -2.19. The molecule has 1 heterocycles. The average Bonchev–Trinajstić information content (AvgIpc) is 2.92. The number of thiazole rings is 1. The van der Waals surface area contributed by atoms with E-state index < -0.39 is 5.91 Å². The Bertz CT molecular complexity index is 1030. The first-order valence-electron chi connectivity index (χ1n) is 8.15. The number of ether oxygens (including phenoxy) is 1. The number of aryl methyl sites for hydroxylation is 2. The third-order valence-corrected chi connectivity index (χ3v) is 5.05. The Kier molecular flexibility index (Phi) is 5.32. The zero-order valence-corrected chi connectivity index (χ0v) is 15.5. The van der Waals surface area contributed by atoms with Crippen LogP contribution < -0.4 is 9.54 Å². The Balaban J connectivity index is 1.89. The van der Waals surface area contributed by atoms with E-state index in [4.69, 9.17) is 4.74 Å². The second-order valence-corrected chi connectivity index (χ2v) is 6.95. The van der Waals surface area contributed by atoms with E-state index in [1.807, 2.05) is 4.57 Å². The summed E-state index contributed by atoms with van der Waals surface area (Å²) in [6, 6.07) is 9.73. The lowest BCUT2D eigenvalue weighted by atomic mass is 10.1. The van der Waals surface area contributed by atoms with Crippen LogP contribution >= 0.6 is 11.3 Å². The number of aromatic nitrogens is 1. The van der Waals surface area contributed by atoms with Gasteiger partial charge in [-0.15, -0.1) is 6.58 Å². The summed E-state index contributed by atoms with van der Waals surface area (Å²) < 4.78 is 21.3. The lowest BCUT2D eigenvalue weighted by molar-refractivity contribution is -0.120. The molecule has 3 rings (SSSR count). The third kappa shape index (κ3) is 3.91. The van der Waals surface area contributed by atoms with Crippen LogP contribution in [-0.4, -0.2) is 17.1 Å². The standard InChI is InChI=1S/C20H19FN2O2S/c1-4-9-23-17-10-13(2)14(3)11-18(17)26-20(23)22-19(24)12-25-16-7-5-15(21)6-8-16/h4-8,10-11H,1,9,12H2,2-3H3. The van der Waals surface area contributed by atoms with E-state index in [-0.39, 0.29) is 12.4 Å². The van der Waals surface area contributed by atoms with Gasteiger partial charge in [0.1, 0.15) is 11.6 Å². The molecular weight excluding hydrogens is 351 g/mol. The number of hydrogen-bond donors (Lipinski definition) is 0. The number of allylic oxidation sites excluding steroid dienone is 1. The van der Waals surface area contributed by atoms with E-state index in [9.17, 15) is 9.18 Å². The maximum absolute atomic E-state index is 12.9. The van der Waals surface area contributed by atoms with Crippen LogP contribution in [0.5, 0.6) is 5.75 Å². The van der Waals surface area contributed by atoms with E-state index in [0.717, 1.165) is 10.2 Å². The minimum Gasteiger partial charge on any atom is -0.484 e. The molecule has 0 atom stereocenters. The topological polar surface area (TPSA) is 43.6 Å². The van der Waals surface area contributed by atoms with Crippen molar-refractivity contribution in [2.45, 2.75) is 20.4 Å². The number of hydrogen-bond acceptors (Lipinski definition) is 3. The van der Waals surface area contributed by atoms with Gasteiger partial charge in [-0.1, -0.05) is 17.4 Å². The molecule has 0 N–H and O–H groups in total. The maximum Gasteiger partial charge on any atom is 0.286 e. The van der Waals surface area contributed by atoms with Crippen molar-refractivity contribution in [2.24, 2.45) is 4.99 Å². The van der Waals surface area contributed by atoms with Gasteiger partial charge in [-0.25, -0.2) is 4.39 Å². The SMILES string of the molecule is C=CCn1c(=NC(=O)COc2ccc(F)cc2)sc2cc(C)c(C)cc21. The van der Waals surface area contributed by atoms with Crippen LogP contribution in [0.2, 0.25) is 0 Å². The summed E-state index contributed by atoms with van der Waals surface area (Å²) >= 11 is 1.46. The van der Waals surface area contributed by atoms with Gasteiger partial charge < -0.3 is 9.30 Å². The Hall–Kier alpha value is -2.73. The second-order valence-electron chi connectivity index (χ2n) is 5.94. The first kappa shape index (κ1) is 18.1. The molecule has 0 radical (unpaired) electrons. The number of fused-ring (bicyclic) bond motifs is 1. The first-order chi connectivity index (χ1) is 12.5. The molecule has 1 aromatic heterocycles. The van der Waals surface area contributed by atoms with Crippen molar-refractivity contribution in [3.05, 3.63) is 70.8 Å². The molecule has 0 aliphatic carbocycles. The van der Waals surface area contributed by atoms with Crippen LogP contribution in [0.1, 0.15) is 11.1 Å². The Morgan fingerprint density at radius 3 is 2.65 bits per heavy atom.